The minimum Gasteiger partial charge on any atom is -0.392 e. The number of rotatable bonds is 2. The van der Waals surface area contributed by atoms with E-state index in [1.54, 1.807) is 0 Å². The molecule has 1 aromatic carbocycles. The van der Waals surface area contributed by atoms with E-state index in [0.29, 0.717) is 5.89 Å². The molecule has 2 aromatic rings. The molecule has 1 heterocycles. The highest BCUT2D eigenvalue weighted by Gasteiger charge is 2.28. The second kappa shape index (κ2) is 3.38. The SMILES string of the molecule is CC(C)(c1ccccc1)c1n[nH]c(=O)o1. The predicted octanol–water partition coefficient (Wildman–Crippen LogP) is 1.69. The number of benzene rings is 1. The van der Waals surface area contributed by atoms with Crippen molar-refractivity contribution in [3.63, 3.8) is 0 Å². The molecular formula is C11H12N2O2. The Balaban J connectivity index is 2.48. The Hall–Kier alpha value is -1.84. The van der Waals surface area contributed by atoms with Crippen LogP contribution in [0, 0.1) is 0 Å². The zero-order valence-electron chi connectivity index (χ0n) is 8.65. The molecule has 0 aliphatic carbocycles. The lowest BCUT2D eigenvalue weighted by molar-refractivity contribution is 0.393. The van der Waals surface area contributed by atoms with E-state index in [0.717, 1.165) is 5.56 Å². The fourth-order valence-corrected chi connectivity index (χ4v) is 1.48. The van der Waals surface area contributed by atoms with Crippen LogP contribution in [0.15, 0.2) is 39.5 Å². The number of nitrogens with zero attached hydrogens (tertiary/aromatic N) is 1. The molecule has 78 valence electrons. The molecule has 0 spiro atoms. The number of aromatic nitrogens is 2. The van der Waals surface area contributed by atoms with E-state index in [2.05, 4.69) is 10.2 Å². The van der Waals surface area contributed by atoms with Crippen molar-refractivity contribution in [1.82, 2.24) is 10.2 Å². The van der Waals surface area contributed by atoms with Crippen molar-refractivity contribution in [3.05, 3.63) is 52.3 Å². The third kappa shape index (κ3) is 1.70. The van der Waals surface area contributed by atoms with Crippen molar-refractivity contribution in [2.45, 2.75) is 19.3 Å². The number of nitrogens with one attached hydrogen (secondary N) is 1. The van der Waals surface area contributed by atoms with Gasteiger partial charge in [0, 0.05) is 0 Å². The van der Waals surface area contributed by atoms with Crippen LogP contribution in [-0.4, -0.2) is 10.2 Å². The second-order valence-electron chi connectivity index (χ2n) is 3.91. The van der Waals surface area contributed by atoms with Crippen molar-refractivity contribution in [2.75, 3.05) is 0 Å². The average molecular weight is 204 g/mol. The average Bonchev–Trinajstić information content (AvgIpc) is 2.67. The molecule has 0 saturated carbocycles. The molecule has 0 aliphatic rings. The van der Waals surface area contributed by atoms with E-state index in [1.165, 1.54) is 0 Å². The molecule has 4 heteroatoms. The Morgan fingerprint density at radius 2 is 1.93 bits per heavy atom. The number of hydrogen-bond donors (Lipinski definition) is 1. The van der Waals surface area contributed by atoms with Crippen LogP contribution in [0.25, 0.3) is 0 Å². The van der Waals surface area contributed by atoms with Crippen LogP contribution in [0.2, 0.25) is 0 Å². The van der Waals surface area contributed by atoms with E-state index in [4.69, 9.17) is 4.42 Å². The Labute approximate surface area is 86.9 Å². The molecule has 0 amide bonds. The highest BCUT2D eigenvalue weighted by Crippen LogP contribution is 2.28. The van der Waals surface area contributed by atoms with Crippen molar-refractivity contribution >= 4 is 0 Å². The molecule has 0 unspecified atom stereocenters. The molecule has 0 bridgehead atoms. The highest BCUT2D eigenvalue weighted by molar-refractivity contribution is 5.28. The van der Waals surface area contributed by atoms with E-state index in [-0.39, 0.29) is 0 Å². The quantitative estimate of drug-likeness (QED) is 0.809. The first-order valence-corrected chi connectivity index (χ1v) is 4.72. The third-order valence-corrected chi connectivity index (χ3v) is 2.47. The topological polar surface area (TPSA) is 58.9 Å². The lowest BCUT2D eigenvalue weighted by Crippen LogP contribution is -2.19. The monoisotopic (exact) mass is 204 g/mol. The summed E-state index contributed by atoms with van der Waals surface area (Å²) in [5.74, 6) is -0.118. The lowest BCUT2D eigenvalue weighted by atomic mass is 9.85. The van der Waals surface area contributed by atoms with Crippen LogP contribution in [0.5, 0.6) is 0 Å². The smallest absolute Gasteiger partial charge is 0.392 e. The molecule has 1 aromatic heterocycles. The second-order valence-corrected chi connectivity index (χ2v) is 3.91. The zero-order valence-corrected chi connectivity index (χ0v) is 8.65. The molecule has 0 radical (unpaired) electrons. The van der Waals surface area contributed by atoms with E-state index >= 15 is 0 Å². The van der Waals surface area contributed by atoms with E-state index in [1.807, 2.05) is 44.2 Å². The molecular weight excluding hydrogens is 192 g/mol. The molecule has 4 nitrogen and oxygen atoms in total. The van der Waals surface area contributed by atoms with Gasteiger partial charge in [0.25, 0.3) is 0 Å². The van der Waals surface area contributed by atoms with Gasteiger partial charge in [-0.1, -0.05) is 30.3 Å². The molecule has 2 rings (SSSR count). The van der Waals surface area contributed by atoms with Crippen molar-refractivity contribution in [1.29, 1.82) is 0 Å². The van der Waals surface area contributed by atoms with Gasteiger partial charge in [-0.25, -0.2) is 9.89 Å². The first-order chi connectivity index (χ1) is 7.10. The van der Waals surface area contributed by atoms with E-state index in [9.17, 15) is 4.79 Å². The summed E-state index contributed by atoms with van der Waals surface area (Å²) in [6.07, 6.45) is 0. The molecule has 0 fully saturated rings. The normalized spacial score (nSPS) is 11.6. The van der Waals surface area contributed by atoms with Gasteiger partial charge in [0.1, 0.15) is 0 Å². The Morgan fingerprint density at radius 3 is 2.47 bits per heavy atom. The van der Waals surface area contributed by atoms with Crippen molar-refractivity contribution in [2.24, 2.45) is 0 Å². The maximum Gasteiger partial charge on any atom is 0.434 e. The molecule has 0 aliphatic heterocycles. The molecule has 0 saturated heterocycles. The maximum absolute atomic E-state index is 10.9. The van der Waals surface area contributed by atoms with Crippen molar-refractivity contribution in [3.8, 4) is 0 Å². The minimum absolute atomic E-state index is 0.402. The summed E-state index contributed by atoms with van der Waals surface area (Å²) in [4.78, 5) is 10.9. The summed E-state index contributed by atoms with van der Waals surface area (Å²) in [5, 5.41) is 6.13. The Kier molecular flexibility index (Phi) is 2.19. The number of aromatic amines is 1. The van der Waals surface area contributed by atoms with Gasteiger partial charge in [0.05, 0.1) is 5.41 Å². The predicted molar refractivity (Wildman–Crippen MR) is 55.7 cm³/mol. The fraction of sp³-hybridized carbons (Fsp3) is 0.273. The van der Waals surface area contributed by atoms with Gasteiger partial charge in [-0.15, -0.1) is 5.10 Å². The van der Waals surface area contributed by atoms with Gasteiger partial charge in [0.2, 0.25) is 5.89 Å². The molecule has 15 heavy (non-hydrogen) atoms. The highest BCUT2D eigenvalue weighted by atomic mass is 16.4. The zero-order chi connectivity index (χ0) is 10.9. The minimum atomic E-state index is -0.519. The van der Waals surface area contributed by atoms with Crippen molar-refractivity contribution < 1.29 is 4.42 Å². The summed E-state index contributed by atoms with van der Waals surface area (Å²) < 4.78 is 4.98. The van der Waals surface area contributed by atoms with Gasteiger partial charge < -0.3 is 4.42 Å². The van der Waals surface area contributed by atoms with Crippen LogP contribution < -0.4 is 5.76 Å². The van der Waals surface area contributed by atoms with Gasteiger partial charge in [-0.2, -0.15) is 0 Å². The summed E-state index contributed by atoms with van der Waals surface area (Å²) in [6, 6.07) is 9.80. The Bertz CT molecular complexity index is 497. The van der Waals surface area contributed by atoms with Gasteiger partial charge in [-0.05, 0) is 19.4 Å². The number of hydrogen-bond acceptors (Lipinski definition) is 3. The fourth-order valence-electron chi connectivity index (χ4n) is 1.48. The summed E-state index contributed by atoms with van der Waals surface area (Å²) >= 11 is 0. The molecule has 0 atom stereocenters. The first kappa shape index (κ1) is 9.71. The first-order valence-electron chi connectivity index (χ1n) is 4.72. The van der Waals surface area contributed by atoms with Crippen LogP contribution in [0.3, 0.4) is 0 Å². The van der Waals surface area contributed by atoms with E-state index < -0.39 is 11.2 Å². The van der Waals surface area contributed by atoms with Gasteiger partial charge >= 0.3 is 5.76 Å². The van der Waals surface area contributed by atoms with Crippen LogP contribution >= 0.6 is 0 Å². The summed E-state index contributed by atoms with van der Waals surface area (Å²) in [7, 11) is 0. The molecule has 1 N–H and O–H groups in total. The van der Waals surface area contributed by atoms with Crippen LogP contribution in [-0.2, 0) is 5.41 Å². The van der Waals surface area contributed by atoms with Crippen LogP contribution in [0.1, 0.15) is 25.3 Å². The lowest BCUT2D eigenvalue weighted by Gasteiger charge is -2.20. The van der Waals surface area contributed by atoms with Crippen LogP contribution in [0.4, 0.5) is 0 Å². The maximum atomic E-state index is 10.9. The Morgan fingerprint density at radius 1 is 1.27 bits per heavy atom. The standard InChI is InChI=1S/C11H12N2O2/c1-11(2,8-6-4-3-5-7-8)9-12-13-10(14)15-9/h3-7H,1-2H3,(H,13,14). The largest absolute Gasteiger partial charge is 0.434 e. The third-order valence-electron chi connectivity index (χ3n) is 2.47. The van der Waals surface area contributed by atoms with Gasteiger partial charge in [0.15, 0.2) is 0 Å². The van der Waals surface area contributed by atoms with Gasteiger partial charge in [-0.3, -0.25) is 0 Å². The summed E-state index contributed by atoms with van der Waals surface area (Å²) in [6.45, 7) is 3.92. The summed E-state index contributed by atoms with van der Waals surface area (Å²) in [5.41, 5.74) is 0.653. The number of H-pyrrole nitrogens is 1.